The fraction of sp³-hybridized carbons (Fsp3) is 0.350. The first-order chi connectivity index (χ1) is 12.6. The second kappa shape index (κ2) is 6.78. The van der Waals surface area contributed by atoms with Crippen molar-refractivity contribution in [1.29, 1.82) is 0 Å². The Morgan fingerprint density at radius 1 is 1.19 bits per heavy atom. The molecule has 0 radical (unpaired) electrons. The molecule has 3 aromatic rings. The predicted molar refractivity (Wildman–Crippen MR) is 100.0 cm³/mol. The van der Waals surface area contributed by atoms with Gasteiger partial charge in [0.25, 0.3) is 5.91 Å². The minimum atomic E-state index is -0.0285. The van der Waals surface area contributed by atoms with Crippen LogP contribution in [0.1, 0.15) is 46.3 Å². The van der Waals surface area contributed by atoms with Gasteiger partial charge in [-0.3, -0.25) is 9.89 Å². The summed E-state index contributed by atoms with van der Waals surface area (Å²) in [5, 5.41) is 7.46. The first kappa shape index (κ1) is 16.6. The van der Waals surface area contributed by atoms with Gasteiger partial charge in [-0.2, -0.15) is 5.10 Å². The van der Waals surface area contributed by atoms with E-state index in [2.05, 4.69) is 51.4 Å². The molecule has 1 aliphatic rings. The normalized spacial score (nSPS) is 17.5. The van der Waals surface area contributed by atoms with Gasteiger partial charge in [0.2, 0.25) is 0 Å². The van der Waals surface area contributed by atoms with E-state index in [1.165, 1.54) is 5.56 Å². The number of benzene rings is 1. The summed E-state index contributed by atoms with van der Waals surface area (Å²) in [6.07, 6.45) is 5.60. The molecule has 1 amide bonds. The van der Waals surface area contributed by atoms with Gasteiger partial charge >= 0.3 is 0 Å². The third-order valence-corrected chi connectivity index (χ3v) is 5.05. The number of nitrogens with one attached hydrogen (secondary N) is 2. The highest BCUT2D eigenvalue weighted by Crippen LogP contribution is 2.33. The van der Waals surface area contributed by atoms with E-state index in [0.29, 0.717) is 12.4 Å². The van der Waals surface area contributed by atoms with E-state index in [1.54, 1.807) is 6.20 Å². The summed E-state index contributed by atoms with van der Waals surface area (Å²) in [6, 6.07) is 8.48. The summed E-state index contributed by atoms with van der Waals surface area (Å²) in [7, 11) is 0. The second-order valence-corrected chi connectivity index (χ2v) is 7.07. The molecule has 0 bridgehead atoms. The lowest BCUT2D eigenvalue weighted by Gasteiger charge is -2.32. The first-order valence-corrected chi connectivity index (χ1v) is 9.03. The standard InChI is InChI=1S/C20H23N5O/c1-13-5-7-15(8-6-13)17-11-22-24-18(17)16-4-3-9-25(12-16)20(26)19-21-10-14(2)23-19/h5-8,10-11,16H,3-4,9,12H2,1-2H3,(H,21,23)(H,22,24)/t16-/m0/s1. The molecule has 2 N–H and O–H groups in total. The number of H-pyrrole nitrogens is 2. The quantitative estimate of drug-likeness (QED) is 0.760. The molecule has 0 spiro atoms. The molecule has 134 valence electrons. The number of piperidine rings is 1. The lowest BCUT2D eigenvalue weighted by molar-refractivity contribution is 0.0694. The molecule has 1 aliphatic heterocycles. The molecule has 26 heavy (non-hydrogen) atoms. The number of carbonyl (C=O) groups excluding carboxylic acids is 1. The number of imidazole rings is 1. The van der Waals surface area contributed by atoms with E-state index in [4.69, 9.17) is 0 Å². The molecule has 1 atom stereocenters. The largest absolute Gasteiger partial charge is 0.338 e. The Labute approximate surface area is 152 Å². The van der Waals surface area contributed by atoms with E-state index in [1.807, 2.05) is 18.0 Å². The van der Waals surface area contributed by atoms with Gasteiger partial charge in [-0.15, -0.1) is 0 Å². The van der Waals surface area contributed by atoms with Gasteiger partial charge in [0, 0.05) is 42.2 Å². The average molecular weight is 349 g/mol. The van der Waals surface area contributed by atoms with Gasteiger partial charge in [0.1, 0.15) is 0 Å². The topological polar surface area (TPSA) is 77.7 Å². The fourth-order valence-electron chi connectivity index (χ4n) is 3.64. The van der Waals surface area contributed by atoms with Crippen molar-refractivity contribution in [3.05, 3.63) is 59.4 Å². The number of aromatic amines is 2. The SMILES string of the molecule is Cc1ccc(-c2cn[nH]c2[C@H]2CCCN(C(=O)c3ncc(C)[nH]3)C2)cc1. The molecule has 0 unspecified atom stereocenters. The van der Waals surface area contributed by atoms with Crippen LogP contribution in [0.3, 0.4) is 0 Å². The van der Waals surface area contributed by atoms with Gasteiger partial charge in [-0.1, -0.05) is 29.8 Å². The van der Waals surface area contributed by atoms with Crippen molar-refractivity contribution in [2.45, 2.75) is 32.6 Å². The summed E-state index contributed by atoms with van der Waals surface area (Å²) in [4.78, 5) is 21.8. The van der Waals surface area contributed by atoms with Gasteiger partial charge < -0.3 is 9.88 Å². The maximum absolute atomic E-state index is 12.7. The molecule has 1 aromatic carbocycles. The summed E-state index contributed by atoms with van der Waals surface area (Å²) in [5.74, 6) is 0.647. The number of hydrogen-bond donors (Lipinski definition) is 2. The van der Waals surface area contributed by atoms with Crippen LogP contribution in [-0.2, 0) is 0 Å². The highest BCUT2D eigenvalue weighted by atomic mass is 16.2. The van der Waals surface area contributed by atoms with Crippen molar-refractivity contribution in [3.63, 3.8) is 0 Å². The number of amides is 1. The van der Waals surface area contributed by atoms with E-state index in [9.17, 15) is 4.79 Å². The zero-order valence-corrected chi connectivity index (χ0v) is 15.1. The van der Waals surface area contributed by atoms with Crippen LogP contribution in [0.5, 0.6) is 0 Å². The van der Waals surface area contributed by atoms with Crippen LogP contribution < -0.4 is 0 Å². The Morgan fingerprint density at radius 2 is 2.00 bits per heavy atom. The summed E-state index contributed by atoms with van der Waals surface area (Å²) >= 11 is 0. The molecule has 6 heteroatoms. The summed E-state index contributed by atoms with van der Waals surface area (Å²) < 4.78 is 0. The van der Waals surface area contributed by atoms with Crippen LogP contribution in [0, 0.1) is 13.8 Å². The first-order valence-electron chi connectivity index (χ1n) is 9.03. The number of rotatable bonds is 3. The number of aryl methyl sites for hydroxylation is 2. The van der Waals surface area contributed by atoms with Crippen LogP contribution in [0.2, 0.25) is 0 Å². The predicted octanol–water partition coefficient (Wildman–Crippen LogP) is 3.44. The fourth-order valence-corrected chi connectivity index (χ4v) is 3.64. The monoisotopic (exact) mass is 349 g/mol. The molecule has 0 aliphatic carbocycles. The number of aromatic nitrogens is 4. The average Bonchev–Trinajstić information content (AvgIpc) is 3.31. The Bertz CT molecular complexity index is 908. The van der Waals surface area contributed by atoms with Crippen LogP contribution in [0.15, 0.2) is 36.7 Å². The molecule has 1 fully saturated rings. The van der Waals surface area contributed by atoms with Crippen molar-refractivity contribution in [2.24, 2.45) is 0 Å². The van der Waals surface area contributed by atoms with Crippen LogP contribution in [0.4, 0.5) is 0 Å². The van der Waals surface area contributed by atoms with Gasteiger partial charge in [0.05, 0.1) is 6.20 Å². The molecule has 3 heterocycles. The summed E-state index contributed by atoms with van der Waals surface area (Å²) in [6.45, 7) is 5.44. The third-order valence-electron chi connectivity index (χ3n) is 5.05. The number of carbonyl (C=O) groups is 1. The Morgan fingerprint density at radius 3 is 2.73 bits per heavy atom. The van der Waals surface area contributed by atoms with Crippen LogP contribution in [-0.4, -0.2) is 44.1 Å². The minimum absolute atomic E-state index is 0.0285. The molecule has 6 nitrogen and oxygen atoms in total. The van der Waals surface area contributed by atoms with Gasteiger partial charge in [-0.25, -0.2) is 4.98 Å². The maximum atomic E-state index is 12.7. The lowest BCUT2D eigenvalue weighted by atomic mass is 9.90. The van der Waals surface area contributed by atoms with Gasteiger partial charge in [-0.05, 0) is 32.3 Å². The zero-order valence-electron chi connectivity index (χ0n) is 15.1. The number of nitrogens with zero attached hydrogens (tertiary/aromatic N) is 3. The Hall–Kier alpha value is -2.89. The molecular formula is C20H23N5O. The molecule has 4 rings (SSSR count). The van der Waals surface area contributed by atoms with Gasteiger partial charge in [0.15, 0.2) is 5.82 Å². The number of likely N-dealkylation sites (tertiary alicyclic amines) is 1. The molecule has 2 aromatic heterocycles. The van der Waals surface area contributed by atoms with E-state index >= 15 is 0 Å². The maximum Gasteiger partial charge on any atom is 0.289 e. The van der Waals surface area contributed by atoms with Crippen molar-refractivity contribution in [3.8, 4) is 11.1 Å². The third kappa shape index (κ3) is 3.14. The Kier molecular flexibility index (Phi) is 4.32. The van der Waals surface area contributed by atoms with E-state index in [-0.39, 0.29) is 11.8 Å². The highest BCUT2D eigenvalue weighted by Gasteiger charge is 2.29. The molecular weight excluding hydrogens is 326 g/mol. The Balaban J connectivity index is 1.56. The molecule has 0 saturated carbocycles. The van der Waals surface area contributed by atoms with Crippen molar-refractivity contribution in [2.75, 3.05) is 13.1 Å². The lowest BCUT2D eigenvalue weighted by Crippen LogP contribution is -2.39. The zero-order chi connectivity index (χ0) is 18.1. The van der Waals surface area contributed by atoms with Crippen molar-refractivity contribution in [1.82, 2.24) is 25.1 Å². The molecule has 1 saturated heterocycles. The van der Waals surface area contributed by atoms with E-state index < -0.39 is 0 Å². The van der Waals surface area contributed by atoms with Crippen molar-refractivity contribution < 1.29 is 4.79 Å². The van der Waals surface area contributed by atoms with Crippen LogP contribution >= 0.6 is 0 Å². The number of hydrogen-bond acceptors (Lipinski definition) is 3. The second-order valence-electron chi connectivity index (χ2n) is 7.07. The smallest absolute Gasteiger partial charge is 0.289 e. The highest BCUT2D eigenvalue weighted by molar-refractivity contribution is 5.90. The van der Waals surface area contributed by atoms with E-state index in [0.717, 1.165) is 41.9 Å². The summed E-state index contributed by atoms with van der Waals surface area (Å²) in [5.41, 5.74) is 5.53. The van der Waals surface area contributed by atoms with Crippen molar-refractivity contribution >= 4 is 5.91 Å². The minimum Gasteiger partial charge on any atom is -0.338 e. The van der Waals surface area contributed by atoms with Crippen LogP contribution in [0.25, 0.3) is 11.1 Å².